The predicted octanol–water partition coefficient (Wildman–Crippen LogP) is 6.36. The van der Waals surface area contributed by atoms with Gasteiger partial charge in [0.25, 0.3) is 0 Å². The molecule has 0 aromatic heterocycles. The van der Waals surface area contributed by atoms with Crippen LogP contribution in [-0.4, -0.2) is 48.4 Å². The Kier molecular flexibility index (Phi) is 50.5. The van der Waals surface area contributed by atoms with Gasteiger partial charge in [-0.3, -0.25) is 9.59 Å². The molecule has 0 rings (SSSR count). The first-order valence-corrected chi connectivity index (χ1v) is 8.09. The summed E-state index contributed by atoms with van der Waals surface area (Å²) in [5.41, 5.74) is 0.309. The van der Waals surface area contributed by atoms with E-state index in [2.05, 4.69) is 6.58 Å². The third kappa shape index (κ3) is 30.4. The van der Waals surface area contributed by atoms with E-state index in [1.54, 1.807) is 6.92 Å². The number of aliphatic hydroxyl groups excluding tert-OH is 1. The number of aliphatic hydroxyl groups is 1. The van der Waals surface area contributed by atoms with E-state index >= 15 is 0 Å². The molecule has 0 saturated heterocycles. The van der Waals surface area contributed by atoms with Gasteiger partial charge in [0, 0.05) is 31.8 Å². The summed E-state index contributed by atoms with van der Waals surface area (Å²) in [7, 11) is 0. The van der Waals surface area contributed by atoms with E-state index < -0.39 is 30.1 Å². The van der Waals surface area contributed by atoms with Crippen LogP contribution in [0, 0.1) is 0 Å². The van der Waals surface area contributed by atoms with Crippen molar-refractivity contribution in [2.75, 3.05) is 13.2 Å². The van der Waals surface area contributed by atoms with Crippen LogP contribution < -0.4 is 0 Å². The fraction of sp³-hybridized carbons (Fsp3) is 0.792. The first kappa shape index (κ1) is 51.6. The van der Waals surface area contributed by atoms with Crippen LogP contribution in [0.1, 0.15) is 105 Å². The van der Waals surface area contributed by atoms with Crippen molar-refractivity contribution < 1.29 is 33.7 Å². The molecule has 0 saturated carbocycles. The summed E-state index contributed by atoms with van der Waals surface area (Å²) >= 11 is 0. The van der Waals surface area contributed by atoms with Crippen molar-refractivity contribution in [3.8, 4) is 0 Å². The van der Waals surface area contributed by atoms with Gasteiger partial charge in [-0.1, -0.05) is 65.5 Å². The van der Waals surface area contributed by atoms with Crippen LogP contribution >= 0.6 is 0 Å². The Labute approximate surface area is 194 Å². The van der Waals surface area contributed by atoms with Gasteiger partial charge in [0.1, 0.15) is 6.10 Å². The van der Waals surface area contributed by atoms with Crippen molar-refractivity contribution in [1.82, 2.24) is 0 Å². The number of rotatable bonds is 12. The minimum atomic E-state index is -0.562. The molecule has 0 bridgehead atoms. The Hall–Kier alpha value is -1.89. The quantitative estimate of drug-likeness (QED) is 0.158. The summed E-state index contributed by atoms with van der Waals surface area (Å²) in [5, 5.41) is 9.63. The van der Waals surface area contributed by atoms with Crippen LogP contribution in [0.25, 0.3) is 0 Å². The van der Waals surface area contributed by atoms with Gasteiger partial charge in [-0.05, 0) is 19.8 Å². The molecule has 1 N–H and O–H groups in total. The Morgan fingerprint density at radius 2 is 1.42 bits per heavy atom. The summed E-state index contributed by atoms with van der Waals surface area (Å²) in [6, 6.07) is 0. The molecule has 7 nitrogen and oxygen atoms in total. The zero-order chi connectivity index (χ0) is 18.5. The molecule has 0 radical (unpaired) electrons. The number of carbonyl (C=O) groups is 3. The maximum Gasteiger partial charge on any atom is 0.333 e. The lowest BCUT2D eigenvalue weighted by Gasteiger charge is -2.19. The normalized spacial score (nSPS) is 9.94. The average Bonchev–Trinajstić information content (AvgIpc) is 2.50. The van der Waals surface area contributed by atoms with E-state index in [1.165, 1.54) is 6.92 Å². The lowest BCUT2D eigenvalue weighted by atomic mass is 10.1. The Balaban J connectivity index is -0.000000126. The minimum Gasteiger partial charge on any atom is -0.466 e. The molecule has 0 spiro atoms. The maximum atomic E-state index is 11.6. The summed E-state index contributed by atoms with van der Waals surface area (Å²) in [5.74, 6) is -1.34. The molecular weight excluding hydrogens is 400 g/mol. The monoisotopic (exact) mass is 456 g/mol. The zero-order valence-corrected chi connectivity index (χ0v) is 14.7. The van der Waals surface area contributed by atoms with Crippen LogP contribution in [0.4, 0.5) is 0 Å². The van der Waals surface area contributed by atoms with Gasteiger partial charge in [-0.2, -0.15) is 0 Å². The Morgan fingerprint density at radius 1 is 0.903 bits per heavy atom. The van der Waals surface area contributed by atoms with E-state index in [-0.39, 0.29) is 71.6 Å². The highest BCUT2D eigenvalue weighted by atomic mass is 16.6. The highest BCUT2D eigenvalue weighted by Crippen LogP contribution is 2.11. The van der Waals surface area contributed by atoms with Crippen molar-refractivity contribution in [2.24, 2.45) is 0 Å². The molecule has 0 aliphatic heterocycles. The summed E-state index contributed by atoms with van der Waals surface area (Å²) in [6.45, 7) is 8.35. The number of carbonyl (C=O) groups excluding carboxylic acids is 3. The molecule has 31 heavy (non-hydrogen) atoms. The Bertz CT molecular complexity index is 434. The van der Waals surface area contributed by atoms with Crippen LogP contribution in [-0.2, 0) is 28.6 Å². The highest BCUT2D eigenvalue weighted by Gasteiger charge is 2.17. The number of hydrogen-bond acceptors (Lipinski definition) is 7. The second-order valence-corrected chi connectivity index (χ2v) is 5.56. The van der Waals surface area contributed by atoms with Crippen LogP contribution in [0.15, 0.2) is 12.2 Å². The van der Waals surface area contributed by atoms with E-state index in [0.717, 1.165) is 0 Å². The third-order valence-corrected chi connectivity index (χ3v) is 3.15. The number of esters is 3. The van der Waals surface area contributed by atoms with Crippen LogP contribution in [0.2, 0.25) is 0 Å². The number of ether oxygens (including phenoxy) is 3. The lowest BCUT2D eigenvalue weighted by molar-refractivity contribution is -0.151. The standard InChI is InChI=1S/C17H28O7.7CH4/c1-5-14(19)11-15(24-13(4)18)8-10-22-16(20)7-6-9-23-17(21)12(2)3;;;;;;;/h14-15,19H,2,5-11H2,1,3-4H3;7*1H4. The lowest BCUT2D eigenvalue weighted by Crippen LogP contribution is -2.24. The zero-order valence-electron chi connectivity index (χ0n) is 14.7. The van der Waals surface area contributed by atoms with Gasteiger partial charge >= 0.3 is 17.9 Å². The third-order valence-electron chi connectivity index (χ3n) is 3.15. The minimum absolute atomic E-state index is 0. The number of hydrogen-bond donors (Lipinski definition) is 1. The molecule has 194 valence electrons. The van der Waals surface area contributed by atoms with Gasteiger partial charge < -0.3 is 19.3 Å². The average molecular weight is 457 g/mol. The van der Waals surface area contributed by atoms with E-state index in [0.29, 0.717) is 31.3 Å². The molecular formula is C24H56O7. The largest absolute Gasteiger partial charge is 0.466 e. The highest BCUT2D eigenvalue weighted by molar-refractivity contribution is 5.86. The first-order valence-electron chi connectivity index (χ1n) is 8.09. The molecule has 0 aromatic rings. The van der Waals surface area contributed by atoms with Crippen LogP contribution in [0.3, 0.4) is 0 Å². The van der Waals surface area contributed by atoms with Gasteiger partial charge in [-0.15, -0.1) is 0 Å². The summed E-state index contributed by atoms with van der Waals surface area (Å²) < 4.78 is 15.0. The smallest absolute Gasteiger partial charge is 0.333 e. The van der Waals surface area contributed by atoms with Crippen LogP contribution in [0.5, 0.6) is 0 Å². The fourth-order valence-electron chi connectivity index (χ4n) is 1.81. The molecule has 0 aliphatic rings. The SMILES string of the molecule is C.C.C.C.C.C.C.C=C(C)C(=O)OCCCC(=O)OCCC(CC(O)CC)OC(C)=O. The van der Waals surface area contributed by atoms with E-state index in [4.69, 9.17) is 14.2 Å². The molecule has 7 heteroatoms. The molecule has 2 atom stereocenters. The fourth-order valence-corrected chi connectivity index (χ4v) is 1.81. The van der Waals surface area contributed by atoms with Crippen molar-refractivity contribution >= 4 is 17.9 Å². The second kappa shape index (κ2) is 30.3. The van der Waals surface area contributed by atoms with Crippen molar-refractivity contribution in [1.29, 1.82) is 0 Å². The van der Waals surface area contributed by atoms with Gasteiger partial charge in [0.2, 0.25) is 0 Å². The molecule has 0 amide bonds. The molecule has 2 unspecified atom stereocenters. The topological polar surface area (TPSA) is 99.1 Å². The summed E-state index contributed by atoms with van der Waals surface area (Å²) in [4.78, 5) is 33.7. The van der Waals surface area contributed by atoms with Gasteiger partial charge in [0.05, 0.1) is 19.3 Å². The predicted molar refractivity (Wildman–Crippen MR) is 134 cm³/mol. The van der Waals surface area contributed by atoms with Crippen molar-refractivity contribution in [3.63, 3.8) is 0 Å². The van der Waals surface area contributed by atoms with Gasteiger partial charge in [0.15, 0.2) is 0 Å². The van der Waals surface area contributed by atoms with Crippen molar-refractivity contribution in [2.45, 2.75) is 117 Å². The van der Waals surface area contributed by atoms with Crippen molar-refractivity contribution in [3.05, 3.63) is 12.2 Å². The molecule has 0 fully saturated rings. The van der Waals surface area contributed by atoms with Gasteiger partial charge in [-0.25, -0.2) is 4.79 Å². The van der Waals surface area contributed by atoms with E-state index in [9.17, 15) is 19.5 Å². The molecule has 0 aromatic carbocycles. The maximum absolute atomic E-state index is 11.6. The molecule has 0 aliphatic carbocycles. The Morgan fingerprint density at radius 3 is 1.84 bits per heavy atom. The molecule has 0 heterocycles. The van der Waals surface area contributed by atoms with E-state index in [1.807, 2.05) is 6.92 Å². The second-order valence-electron chi connectivity index (χ2n) is 5.56. The first-order chi connectivity index (χ1) is 11.3. The summed E-state index contributed by atoms with van der Waals surface area (Å²) in [6.07, 6.45) is 0.631.